The van der Waals surface area contributed by atoms with Gasteiger partial charge in [-0.05, 0) is 23.8 Å². The van der Waals surface area contributed by atoms with Crippen molar-refractivity contribution in [1.82, 2.24) is 9.47 Å². The van der Waals surface area contributed by atoms with Gasteiger partial charge in [0, 0.05) is 13.1 Å². The summed E-state index contributed by atoms with van der Waals surface area (Å²) in [6.07, 6.45) is 1.78. The highest BCUT2D eigenvalue weighted by Gasteiger charge is 2.23. The van der Waals surface area contributed by atoms with Gasteiger partial charge in [0.05, 0.1) is 23.4 Å². The van der Waals surface area contributed by atoms with Crippen LogP contribution >= 0.6 is 11.3 Å². The average Bonchev–Trinajstić information content (AvgIpc) is 3.11. The second-order valence-corrected chi connectivity index (χ2v) is 7.72. The maximum atomic E-state index is 13.3. The van der Waals surface area contributed by atoms with Crippen molar-refractivity contribution >= 4 is 28.9 Å². The smallest absolute Gasteiger partial charge is 0.273 e. The largest absolute Gasteiger partial charge is 0.378 e. The number of benzene rings is 2. The van der Waals surface area contributed by atoms with Crippen molar-refractivity contribution in [3.63, 3.8) is 0 Å². The number of carbonyl (C=O) groups excluding carboxylic acids is 1. The van der Waals surface area contributed by atoms with Crippen molar-refractivity contribution in [3.8, 4) is 11.8 Å². The molecule has 0 radical (unpaired) electrons. The number of nitriles is 1. The van der Waals surface area contributed by atoms with Gasteiger partial charge < -0.3 is 9.64 Å². The molecule has 1 aliphatic rings. The quantitative estimate of drug-likeness (QED) is 0.643. The van der Waals surface area contributed by atoms with E-state index in [9.17, 15) is 14.9 Å². The van der Waals surface area contributed by atoms with E-state index in [1.807, 2.05) is 48.5 Å². The minimum absolute atomic E-state index is 0.0319. The summed E-state index contributed by atoms with van der Waals surface area (Å²) in [5.74, 6) is -0.377. The third-order valence-corrected chi connectivity index (χ3v) is 5.87. The summed E-state index contributed by atoms with van der Waals surface area (Å²) in [5.41, 5.74) is 1.20. The number of hydrogen-bond donors (Lipinski definition) is 0. The lowest BCUT2D eigenvalue weighted by Crippen LogP contribution is -2.42. The molecule has 150 valence electrons. The molecular weight excluding hydrogens is 398 g/mol. The Labute approximate surface area is 177 Å². The molecule has 1 amide bonds. The van der Waals surface area contributed by atoms with E-state index < -0.39 is 0 Å². The molecule has 4 rings (SSSR count). The molecule has 30 heavy (non-hydrogen) atoms. The van der Waals surface area contributed by atoms with E-state index in [-0.39, 0.29) is 17.0 Å². The molecule has 6 nitrogen and oxygen atoms in total. The van der Waals surface area contributed by atoms with Crippen molar-refractivity contribution in [3.05, 3.63) is 85.8 Å². The predicted molar refractivity (Wildman–Crippen MR) is 116 cm³/mol. The number of para-hydroxylation sites is 1. The Hall–Kier alpha value is -3.47. The second-order valence-electron chi connectivity index (χ2n) is 6.69. The molecule has 1 aliphatic heterocycles. The number of thiazole rings is 1. The van der Waals surface area contributed by atoms with Gasteiger partial charge in [-0.3, -0.25) is 14.2 Å². The first-order valence-electron chi connectivity index (χ1n) is 9.54. The number of morpholine rings is 1. The molecule has 1 aromatic heterocycles. The molecular formula is C23H19N3O3S. The topological polar surface area (TPSA) is 75.3 Å². The van der Waals surface area contributed by atoms with Crippen molar-refractivity contribution < 1.29 is 9.53 Å². The summed E-state index contributed by atoms with van der Waals surface area (Å²) < 4.78 is 7.56. The number of amides is 1. The van der Waals surface area contributed by atoms with Crippen LogP contribution in [0.1, 0.15) is 5.56 Å². The Morgan fingerprint density at radius 1 is 1.03 bits per heavy atom. The number of aromatic nitrogens is 1. The zero-order valence-corrected chi connectivity index (χ0v) is 17.0. The molecule has 0 atom stereocenters. The fourth-order valence-electron chi connectivity index (χ4n) is 3.27. The van der Waals surface area contributed by atoms with Crippen LogP contribution in [0, 0.1) is 11.3 Å². The van der Waals surface area contributed by atoms with E-state index >= 15 is 0 Å². The molecule has 0 N–H and O–H groups in total. The Morgan fingerprint density at radius 3 is 2.30 bits per heavy atom. The fraction of sp³-hybridized carbons (Fsp3) is 0.174. The van der Waals surface area contributed by atoms with Gasteiger partial charge in [-0.1, -0.05) is 48.5 Å². The van der Waals surface area contributed by atoms with E-state index in [0.29, 0.717) is 41.2 Å². The number of rotatable bonds is 3. The van der Waals surface area contributed by atoms with Crippen LogP contribution in [-0.4, -0.2) is 41.7 Å². The summed E-state index contributed by atoms with van der Waals surface area (Å²) in [4.78, 5) is 28.0. The summed E-state index contributed by atoms with van der Waals surface area (Å²) in [7, 11) is 0. The van der Waals surface area contributed by atoms with Gasteiger partial charge in [-0.15, -0.1) is 11.3 Å². The van der Waals surface area contributed by atoms with Crippen molar-refractivity contribution in [2.75, 3.05) is 26.3 Å². The van der Waals surface area contributed by atoms with Gasteiger partial charge in [0.2, 0.25) is 0 Å². The molecule has 0 unspecified atom stereocenters. The predicted octanol–water partition coefficient (Wildman–Crippen LogP) is 1.26. The number of ether oxygens (including phenoxy) is 1. The lowest BCUT2D eigenvalue weighted by molar-refractivity contribution is -0.128. The Balaban J connectivity index is 1.98. The highest BCUT2D eigenvalue weighted by atomic mass is 32.1. The zero-order chi connectivity index (χ0) is 20.9. The first-order chi connectivity index (χ1) is 14.7. The summed E-state index contributed by atoms with van der Waals surface area (Å²) >= 11 is 1.16. The highest BCUT2D eigenvalue weighted by Crippen LogP contribution is 2.08. The molecule has 0 spiro atoms. The average molecular weight is 417 g/mol. The lowest BCUT2D eigenvalue weighted by atomic mass is 10.2. The summed E-state index contributed by atoms with van der Waals surface area (Å²) in [6.45, 7) is 1.72. The molecule has 3 aromatic rings. The van der Waals surface area contributed by atoms with Crippen molar-refractivity contribution in [1.29, 1.82) is 5.26 Å². The van der Waals surface area contributed by atoms with Gasteiger partial charge in [0.1, 0.15) is 10.7 Å². The van der Waals surface area contributed by atoms with E-state index in [1.165, 1.54) is 4.57 Å². The second kappa shape index (κ2) is 8.91. The van der Waals surface area contributed by atoms with E-state index in [2.05, 4.69) is 6.07 Å². The van der Waals surface area contributed by atoms with Crippen LogP contribution in [0.2, 0.25) is 0 Å². The number of nitrogens with zero attached hydrogens (tertiary/aromatic N) is 3. The first-order valence-corrected chi connectivity index (χ1v) is 10.4. The molecule has 2 aromatic carbocycles. The van der Waals surface area contributed by atoms with Gasteiger partial charge >= 0.3 is 0 Å². The zero-order valence-electron chi connectivity index (χ0n) is 16.2. The maximum Gasteiger partial charge on any atom is 0.273 e. The highest BCUT2D eigenvalue weighted by molar-refractivity contribution is 7.07. The third kappa shape index (κ3) is 3.96. The first kappa shape index (κ1) is 19.8. The summed E-state index contributed by atoms with van der Waals surface area (Å²) in [5, 5.41) is 9.86. The minimum Gasteiger partial charge on any atom is -0.378 e. The molecule has 7 heteroatoms. The van der Waals surface area contributed by atoms with Crippen LogP contribution in [0.15, 0.2) is 65.5 Å². The SMILES string of the molecule is N#C/C(C(=O)N1CCOCC1)=c1/s/c(=C/c2ccccc2)c(=O)n1-c1ccccc1. The van der Waals surface area contributed by atoms with Crippen LogP contribution in [0.4, 0.5) is 0 Å². The molecule has 2 heterocycles. The van der Waals surface area contributed by atoms with Crippen molar-refractivity contribution in [2.24, 2.45) is 0 Å². The molecule has 0 bridgehead atoms. The Bertz CT molecular complexity index is 1270. The van der Waals surface area contributed by atoms with Crippen LogP contribution in [0.5, 0.6) is 0 Å². The number of hydrogen-bond acceptors (Lipinski definition) is 5. The van der Waals surface area contributed by atoms with Gasteiger partial charge in [-0.2, -0.15) is 5.26 Å². The Kier molecular flexibility index (Phi) is 5.89. The maximum absolute atomic E-state index is 13.3. The van der Waals surface area contributed by atoms with Crippen LogP contribution < -0.4 is 14.8 Å². The van der Waals surface area contributed by atoms with Gasteiger partial charge in [-0.25, -0.2) is 0 Å². The third-order valence-electron chi connectivity index (χ3n) is 4.77. The lowest BCUT2D eigenvalue weighted by Gasteiger charge is -2.26. The van der Waals surface area contributed by atoms with Crippen molar-refractivity contribution in [2.45, 2.75) is 0 Å². The molecule has 0 saturated carbocycles. The van der Waals surface area contributed by atoms with E-state index in [4.69, 9.17) is 4.74 Å². The standard InChI is InChI=1S/C23H19N3O3S/c24-16-19(21(27)25-11-13-29-14-12-25)23-26(18-9-5-2-6-10-18)22(28)20(30-23)15-17-7-3-1-4-8-17/h1-10,15H,11-14H2/b20-15+,23-19-. The van der Waals surface area contributed by atoms with E-state index in [1.54, 1.807) is 23.1 Å². The van der Waals surface area contributed by atoms with E-state index in [0.717, 1.165) is 16.9 Å². The van der Waals surface area contributed by atoms with Crippen LogP contribution in [-0.2, 0) is 9.53 Å². The number of carbonyl (C=O) groups is 1. The Morgan fingerprint density at radius 2 is 1.67 bits per heavy atom. The minimum atomic E-state index is -0.377. The molecule has 0 aliphatic carbocycles. The molecule has 1 saturated heterocycles. The van der Waals surface area contributed by atoms with Gasteiger partial charge in [0.15, 0.2) is 5.57 Å². The van der Waals surface area contributed by atoms with Crippen LogP contribution in [0.25, 0.3) is 17.3 Å². The monoisotopic (exact) mass is 417 g/mol. The summed E-state index contributed by atoms with van der Waals surface area (Å²) in [6, 6.07) is 20.6. The normalized spacial score (nSPS) is 15.6. The fourth-order valence-corrected chi connectivity index (χ4v) is 4.37. The van der Waals surface area contributed by atoms with Gasteiger partial charge in [0.25, 0.3) is 11.5 Å². The molecule has 1 fully saturated rings. The van der Waals surface area contributed by atoms with Crippen LogP contribution in [0.3, 0.4) is 0 Å².